The molecule has 2 rings (SSSR count). The Morgan fingerprint density at radius 2 is 2.00 bits per heavy atom. The average molecular weight is 288 g/mol. The number of hydrogen-bond donors (Lipinski definition) is 1. The molecule has 0 aromatic heterocycles. The third kappa shape index (κ3) is 2.67. The van der Waals surface area contributed by atoms with Crippen LogP contribution in [0.3, 0.4) is 0 Å². The van der Waals surface area contributed by atoms with Crippen LogP contribution in [0.4, 0.5) is 0 Å². The highest BCUT2D eigenvalue weighted by atomic mass is 35.5. The van der Waals surface area contributed by atoms with Gasteiger partial charge in [0.05, 0.1) is 11.6 Å². The van der Waals surface area contributed by atoms with Crippen molar-refractivity contribution >= 4 is 23.2 Å². The minimum Gasteiger partial charge on any atom is -0.373 e. The predicted molar refractivity (Wildman–Crippen MR) is 76.2 cm³/mol. The fourth-order valence-electron chi connectivity index (χ4n) is 2.84. The molecular weight excluding hydrogens is 269 g/mol. The second-order valence-corrected chi connectivity index (χ2v) is 5.69. The summed E-state index contributed by atoms with van der Waals surface area (Å²) in [7, 11) is 0. The third-order valence-corrected chi connectivity index (χ3v) is 4.31. The highest BCUT2D eigenvalue weighted by Gasteiger charge is 2.41. The lowest BCUT2D eigenvalue weighted by atomic mass is 9.87. The first-order valence-electron chi connectivity index (χ1n) is 6.43. The van der Waals surface area contributed by atoms with Crippen LogP contribution in [0, 0.1) is 0 Å². The van der Waals surface area contributed by atoms with E-state index in [0.717, 1.165) is 18.4 Å². The van der Waals surface area contributed by atoms with Crippen LogP contribution in [-0.4, -0.2) is 12.2 Å². The van der Waals surface area contributed by atoms with Crippen molar-refractivity contribution in [2.24, 2.45) is 5.73 Å². The quantitative estimate of drug-likeness (QED) is 0.894. The largest absolute Gasteiger partial charge is 0.373 e. The maximum Gasteiger partial charge on any atom is 0.0874 e. The van der Waals surface area contributed by atoms with Gasteiger partial charge < -0.3 is 10.5 Å². The Bertz CT molecular complexity index is 416. The van der Waals surface area contributed by atoms with E-state index in [1.54, 1.807) is 6.07 Å². The highest BCUT2D eigenvalue weighted by Crippen LogP contribution is 2.43. The molecule has 0 bridgehead atoms. The van der Waals surface area contributed by atoms with Gasteiger partial charge in [-0.15, -0.1) is 0 Å². The van der Waals surface area contributed by atoms with Gasteiger partial charge in [0, 0.05) is 16.7 Å². The summed E-state index contributed by atoms with van der Waals surface area (Å²) < 4.78 is 5.98. The first-order valence-corrected chi connectivity index (χ1v) is 7.19. The van der Waals surface area contributed by atoms with Crippen LogP contribution < -0.4 is 5.73 Å². The van der Waals surface area contributed by atoms with Crippen LogP contribution in [0.1, 0.15) is 44.2 Å². The summed E-state index contributed by atoms with van der Waals surface area (Å²) in [6.07, 6.45) is 4.33. The van der Waals surface area contributed by atoms with Gasteiger partial charge in [0.1, 0.15) is 0 Å². The molecule has 1 atom stereocenters. The molecule has 1 saturated carbocycles. The van der Waals surface area contributed by atoms with Crippen LogP contribution in [0.2, 0.25) is 10.0 Å². The molecule has 100 valence electrons. The predicted octanol–water partition coefficient (Wildman–Crippen LogP) is 4.34. The average Bonchev–Trinajstić information content (AvgIpc) is 2.78. The molecule has 1 unspecified atom stereocenters. The normalized spacial score (nSPS) is 20.0. The maximum atomic E-state index is 6.42. The van der Waals surface area contributed by atoms with Crippen molar-refractivity contribution in [3.8, 4) is 0 Å². The van der Waals surface area contributed by atoms with Crippen LogP contribution in [0.25, 0.3) is 0 Å². The van der Waals surface area contributed by atoms with Crippen molar-refractivity contribution in [1.82, 2.24) is 0 Å². The minimum absolute atomic E-state index is 0.190. The standard InChI is InChI=1S/C14H19Cl2NO/c1-2-18-14(7-3-4-8-14)13(17)11-6-5-10(15)9-12(11)16/h5-6,9,13H,2-4,7-8,17H2,1H3. The summed E-state index contributed by atoms with van der Waals surface area (Å²) in [4.78, 5) is 0. The number of nitrogens with two attached hydrogens (primary N) is 1. The molecule has 1 aliphatic carbocycles. The van der Waals surface area contributed by atoms with Crippen LogP contribution in [0.15, 0.2) is 18.2 Å². The molecule has 0 saturated heterocycles. The zero-order chi connectivity index (χ0) is 13.2. The molecule has 2 nitrogen and oxygen atoms in total. The zero-order valence-electron chi connectivity index (χ0n) is 10.6. The van der Waals surface area contributed by atoms with Gasteiger partial charge in [-0.1, -0.05) is 42.1 Å². The molecule has 0 radical (unpaired) electrons. The summed E-state index contributed by atoms with van der Waals surface area (Å²) in [5.41, 5.74) is 7.09. The molecule has 0 spiro atoms. The molecule has 0 amide bonds. The molecule has 1 aromatic carbocycles. The second-order valence-electron chi connectivity index (χ2n) is 4.85. The SMILES string of the molecule is CCOC1(C(N)c2ccc(Cl)cc2Cl)CCCC1. The molecular formula is C14H19Cl2NO. The Hall–Kier alpha value is -0.280. The summed E-state index contributed by atoms with van der Waals surface area (Å²) in [6.45, 7) is 2.69. The van der Waals surface area contributed by atoms with Crippen LogP contribution in [0.5, 0.6) is 0 Å². The van der Waals surface area contributed by atoms with Gasteiger partial charge in [-0.05, 0) is 37.5 Å². The third-order valence-electron chi connectivity index (χ3n) is 3.75. The van der Waals surface area contributed by atoms with E-state index in [1.807, 2.05) is 19.1 Å². The first kappa shape index (κ1) is 14.1. The minimum atomic E-state index is -0.258. The first-order chi connectivity index (χ1) is 8.59. The maximum absolute atomic E-state index is 6.42. The van der Waals surface area contributed by atoms with Gasteiger partial charge in [-0.2, -0.15) is 0 Å². The topological polar surface area (TPSA) is 35.2 Å². The number of benzene rings is 1. The number of ether oxygens (including phenoxy) is 1. The lowest BCUT2D eigenvalue weighted by Gasteiger charge is -2.35. The van der Waals surface area contributed by atoms with Gasteiger partial charge in [0.25, 0.3) is 0 Å². The van der Waals surface area contributed by atoms with E-state index in [2.05, 4.69) is 0 Å². The van der Waals surface area contributed by atoms with Crippen LogP contribution in [-0.2, 0) is 4.74 Å². The van der Waals surface area contributed by atoms with E-state index >= 15 is 0 Å². The van der Waals surface area contributed by atoms with Gasteiger partial charge in [0.15, 0.2) is 0 Å². The fraction of sp³-hybridized carbons (Fsp3) is 0.571. The van der Waals surface area contributed by atoms with Crippen molar-refractivity contribution in [2.75, 3.05) is 6.61 Å². The Morgan fingerprint density at radius 1 is 1.33 bits per heavy atom. The monoisotopic (exact) mass is 287 g/mol. The molecule has 0 heterocycles. The Labute approximate surface area is 118 Å². The van der Waals surface area contributed by atoms with Crippen molar-refractivity contribution in [3.63, 3.8) is 0 Å². The van der Waals surface area contributed by atoms with E-state index < -0.39 is 0 Å². The van der Waals surface area contributed by atoms with Crippen LogP contribution >= 0.6 is 23.2 Å². The van der Waals surface area contributed by atoms with Crippen molar-refractivity contribution in [3.05, 3.63) is 33.8 Å². The molecule has 1 fully saturated rings. The molecule has 4 heteroatoms. The highest BCUT2D eigenvalue weighted by molar-refractivity contribution is 6.35. The van der Waals surface area contributed by atoms with Gasteiger partial charge in [0.2, 0.25) is 0 Å². The Morgan fingerprint density at radius 3 is 2.56 bits per heavy atom. The Balaban J connectivity index is 2.30. The second kappa shape index (κ2) is 5.79. The summed E-state index contributed by atoms with van der Waals surface area (Å²) in [5, 5.41) is 1.26. The van der Waals surface area contributed by atoms with E-state index in [1.165, 1.54) is 12.8 Å². The van der Waals surface area contributed by atoms with E-state index in [-0.39, 0.29) is 11.6 Å². The summed E-state index contributed by atoms with van der Waals surface area (Å²) in [5.74, 6) is 0. The lowest BCUT2D eigenvalue weighted by molar-refractivity contribution is -0.0536. The van der Waals surface area contributed by atoms with E-state index in [9.17, 15) is 0 Å². The summed E-state index contributed by atoms with van der Waals surface area (Å²) in [6, 6.07) is 5.29. The fourth-order valence-corrected chi connectivity index (χ4v) is 3.37. The summed E-state index contributed by atoms with van der Waals surface area (Å²) >= 11 is 12.2. The molecule has 18 heavy (non-hydrogen) atoms. The van der Waals surface area contributed by atoms with Crippen molar-refractivity contribution in [1.29, 1.82) is 0 Å². The molecule has 2 N–H and O–H groups in total. The van der Waals surface area contributed by atoms with E-state index in [0.29, 0.717) is 16.7 Å². The zero-order valence-corrected chi connectivity index (χ0v) is 12.1. The molecule has 1 aromatic rings. The number of hydrogen-bond acceptors (Lipinski definition) is 2. The number of rotatable bonds is 4. The lowest BCUT2D eigenvalue weighted by Crippen LogP contribution is -2.41. The number of halogens is 2. The smallest absolute Gasteiger partial charge is 0.0874 e. The van der Waals surface area contributed by atoms with Gasteiger partial charge in [-0.3, -0.25) is 0 Å². The van der Waals surface area contributed by atoms with Crippen molar-refractivity contribution in [2.45, 2.75) is 44.2 Å². The molecule has 0 aliphatic heterocycles. The Kier molecular flexibility index (Phi) is 4.54. The van der Waals surface area contributed by atoms with Crippen molar-refractivity contribution < 1.29 is 4.74 Å². The van der Waals surface area contributed by atoms with Gasteiger partial charge >= 0.3 is 0 Å². The van der Waals surface area contributed by atoms with E-state index in [4.69, 9.17) is 33.7 Å². The molecule has 1 aliphatic rings. The van der Waals surface area contributed by atoms with Gasteiger partial charge in [-0.25, -0.2) is 0 Å².